The highest BCUT2D eigenvalue weighted by atomic mass is 19.4. The Morgan fingerprint density at radius 3 is 1.70 bits per heavy atom. The fraction of sp³-hybridized carbons (Fsp3) is 0.250. The summed E-state index contributed by atoms with van der Waals surface area (Å²) in [6.07, 6.45) is -15.3. The van der Waals surface area contributed by atoms with Gasteiger partial charge in [0.1, 0.15) is 11.6 Å². The second-order valence-corrected chi connectivity index (χ2v) is 4.10. The zero-order valence-corrected chi connectivity index (χ0v) is 10.6. The van der Waals surface area contributed by atoms with Gasteiger partial charge in [0, 0.05) is 11.6 Å². The molecule has 0 aliphatic rings. The molecule has 0 aromatic heterocycles. The van der Waals surface area contributed by atoms with Gasteiger partial charge in [-0.3, -0.25) is 4.79 Å². The van der Waals surface area contributed by atoms with E-state index < -0.39 is 58.9 Å². The summed E-state index contributed by atoms with van der Waals surface area (Å²) in [5.41, 5.74) is -6.54. The van der Waals surface area contributed by atoms with Crippen LogP contribution in [0.3, 0.4) is 0 Å². The highest BCUT2D eigenvalue weighted by molar-refractivity contribution is 5.98. The lowest BCUT2D eigenvalue weighted by molar-refractivity contribution is -0.144. The minimum atomic E-state index is -5.55. The van der Waals surface area contributed by atoms with Crippen LogP contribution in [0.5, 0.6) is 0 Å². The number of hydrogen-bond acceptors (Lipinski definition) is 2. The van der Waals surface area contributed by atoms with Gasteiger partial charge in [0.15, 0.2) is 0 Å². The van der Waals surface area contributed by atoms with Crippen LogP contribution in [-0.4, -0.2) is 17.3 Å². The molecular formula is C12H5F9O2. The summed E-state index contributed by atoms with van der Waals surface area (Å²) in [7, 11) is 0. The molecule has 0 saturated carbocycles. The maximum atomic E-state index is 13.0. The quantitative estimate of drug-likeness (QED) is 0.491. The van der Waals surface area contributed by atoms with Gasteiger partial charge in [-0.1, -0.05) is 0 Å². The molecule has 0 saturated heterocycles. The summed E-state index contributed by atoms with van der Waals surface area (Å²) in [6.45, 7) is 0. The van der Waals surface area contributed by atoms with E-state index in [-0.39, 0.29) is 12.1 Å². The molecule has 0 bridgehead atoms. The Morgan fingerprint density at radius 1 is 1.00 bits per heavy atom. The van der Waals surface area contributed by atoms with Crippen LogP contribution < -0.4 is 0 Å². The number of ketones is 1. The molecule has 0 fully saturated rings. The van der Waals surface area contributed by atoms with E-state index in [0.717, 1.165) is 0 Å². The van der Waals surface area contributed by atoms with E-state index in [2.05, 4.69) is 0 Å². The normalized spacial score (nSPS) is 13.6. The molecule has 1 rings (SSSR count). The minimum absolute atomic E-state index is 0.360. The first kappa shape index (κ1) is 18.8. The third-order valence-corrected chi connectivity index (χ3v) is 2.46. The zero-order chi connectivity index (χ0) is 18.2. The lowest BCUT2D eigenvalue weighted by Crippen LogP contribution is -2.18. The van der Waals surface area contributed by atoms with Gasteiger partial charge in [-0.15, -0.1) is 0 Å². The van der Waals surface area contributed by atoms with Gasteiger partial charge in [-0.05, 0) is 12.1 Å². The Balaban J connectivity index is 3.76. The van der Waals surface area contributed by atoms with E-state index >= 15 is 0 Å². The summed E-state index contributed by atoms with van der Waals surface area (Å²) >= 11 is 0. The number of allylic oxidation sites excluding steroid dienone is 1. The summed E-state index contributed by atoms with van der Waals surface area (Å²) in [6, 6.07) is -0.719. The van der Waals surface area contributed by atoms with E-state index in [1.165, 1.54) is 0 Å². The molecule has 23 heavy (non-hydrogen) atoms. The van der Waals surface area contributed by atoms with Crippen molar-refractivity contribution in [2.45, 2.75) is 18.8 Å². The average Bonchev–Trinajstić information content (AvgIpc) is 2.35. The second kappa shape index (κ2) is 6.13. The standard InChI is InChI=1S/C12H5F9O2/c13-4-1-5(11(16,17)18)9(6(2-4)12(19,20)21)7(22)3-8(23)10(14)15/h1-3,10,22H/b7-3-. The van der Waals surface area contributed by atoms with Gasteiger partial charge in [-0.25, -0.2) is 13.2 Å². The van der Waals surface area contributed by atoms with Crippen molar-refractivity contribution in [1.29, 1.82) is 0 Å². The van der Waals surface area contributed by atoms with E-state index in [1.807, 2.05) is 0 Å². The smallest absolute Gasteiger partial charge is 0.417 e. The summed E-state index contributed by atoms with van der Waals surface area (Å²) < 4.78 is 114. The molecule has 2 nitrogen and oxygen atoms in total. The van der Waals surface area contributed by atoms with Crippen LogP contribution in [0.25, 0.3) is 5.76 Å². The molecular weight excluding hydrogens is 347 g/mol. The summed E-state index contributed by atoms with van der Waals surface area (Å²) in [5, 5.41) is 9.30. The lowest BCUT2D eigenvalue weighted by Gasteiger charge is -2.18. The number of benzene rings is 1. The van der Waals surface area contributed by atoms with Crippen molar-refractivity contribution in [3.63, 3.8) is 0 Å². The molecule has 0 spiro atoms. The van der Waals surface area contributed by atoms with Crippen LogP contribution in [0.15, 0.2) is 18.2 Å². The number of aliphatic hydroxyl groups excluding tert-OH is 1. The molecule has 1 aromatic carbocycles. The van der Waals surface area contributed by atoms with Gasteiger partial charge >= 0.3 is 12.4 Å². The van der Waals surface area contributed by atoms with Gasteiger partial charge in [0.2, 0.25) is 5.78 Å². The Hall–Kier alpha value is -2.20. The molecule has 11 heteroatoms. The highest BCUT2D eigenvalue weighted by Gasteiger charge is 2.43. The number of alkyl halides is 8. The maximum absolute atomic E-state index is 13.0. The number of carbonyl (C=O) groups is 1. The van der Waals surface area contributed by atoms with Crippen LogP contribution in [0.2, 0.25) is 0 Å². The topological polar surface area (TPSA) is 37.3 Å². The monoisotopic (exact) mass is 352 g/mol. The van der Waals surface area contributed by atoms with Crippen LogP contribution in [0.4, 0.5) is 39.5 Å². The van der Waals surface area contributed by atoms with Crippen LogP contribution in [-0.2, 0) is 17.1 Å². The Labute approximate surface area is 121 Å². The number of halogens is 9. The molecule has 0 unspecified atom stereocenters. The first-order valence-electron chi connectivity index (χ1n) is 5.46. The van der Waals surface area contributed by atoms with Gasteiger partial charge < -0.3 is 5.11 Å². The highest BCUT2D eigenvalue weighted by Crippen LogP contribution is 2.42. The average molecular weight is 352 g/mol. The van der Waals surface area contributed by atoms with Crippen molar-refractivity contribution in [3.05, 3.63) is 40.7 Å². The molecule has 0 heterocycles. The third kappa shape index (κ3) is 4.39. The largest absolute Gasteiger partial charge is 0.507 e. The number of carbonyl (C=O) groups excluding carboxylic acids is 1. The number of rotatable bonds is 3. The van der Waals surface area contributed by atoms with Crippen molar-refractivity contribution in [1.82, 2.24) is 0 Å². The van der Waals surface area contributed by atoms with Crippen LogP contribution in [0, 0.1) is 5.82 Å². The molecule has 1 aromatic rings. The number of aliphatic hydroxyl groups is 1. The van der Waals surface area contributed by atoms with E-state index in [4.69, 9.17) is 0 Å². The molecule has 128 valence electrons. The van der Waals surface area contributed by atoms with Crippen LogP contribution >= 0.6 is 0 Å². The van der Waals surface area contributed by atoms with Crippen molar-refractivity contribution in [2.24, 2.45) is 0 Å². The molecule has 1 N–H and O–H groups in total. The molecule has 0 aliphatic heterocycles. The van der Waals surface area contributed by atoms with Crippen LogP contribution in [0.1, 0.15) is 16.7 Å². The molecule has 0 aliphatic carbocycles. The Bertz CT molecular complexity index is 606. The fourth-order valence-electron chi connectivity index (χ4n) is 1.60. The predicted octanol–water partition coefficient (Wildman–Crippen LogP) is 4.60. The SMILES string of the molecule is O=C(/C=C(\O)c1c(C(F)(F)F)cc(F)cc1C(F)(F)F)C(F)F. The van der Waals surface area contributed by atoms with Crippen molar-refractivity contribution in [3.8, 4) is 0 Å². The predicted molar refractivity (Wildman–Crippen MR) is 58.0 cm³/mol. The first-order valence-corrected chi connectivity index (χ1v) is 5.46. The van der Waals surface area contributed by atoms with Gasteiger partial charge in [0.05, 0.1) is 11.1 Å². The Morgan fingerprint density at radius 2 is 1.39 bits per heavy atom. The van der Waals surface area contributed by atoms with Gasteiger partial charge in [0.25, 0.3) is 6.43 Å². The van der Waals surface area contributed by atoms with Crippen molar-refractivity contribution < 1.29 is 49.4 Å². The molecule has 0 amide bonds. The summed E-state index contributed by atoms with van der Waals surface area (Å²) in [5.74, 6) is -6.13. The maximum Gasteiger partial charge on any atom is 0.417 e. The van der Waals surface area contributed by atoms with E-state index in [9.17, 15) is 49.4 Å². The lowest BCUT2D eigenvalue weighted by atomic mass is 9.97. The summed E-state index contributed by atoms with van der Waals surface area (Å²) in [4.78, 5) is 10.7. The zero-order valence-electron chi connectivity index (χ0n) is 10.6. The third-order valence-electron chi connectivity index (χ3n) is 2.46. The Kier molecular flexibility index (Phi) is 5.02. The fourth-order valence-corrected chi connectivity index (χ4v) is 1.60. The number of hydrogen-bond donors (Lipinski definition) is 1. The molecule has 0 atom stereocenters. The first-order chi connectivity index (χ1) is 10.2. The second-order valence-electron chi connectivity index (χ2n) is 4.10. The minimum Gasteiger partial charge on any atom is -0.507 e. The van der Waals surface area contributed by atoms with Crippen molar-refractivity contribution >= 4 is 11.5 Å². The van der Waals surface area contributed by atoms with E-state index in [1.54, 1.807) is 0 Å². The molecule has 0 radical (unpaired) electrons. The van der Waals surface area contributed by atoms with Crippen molar-refractivity contribution in [2.75, 3.05) is 0 Å². The van der Waals surface area contributed by atoms with Gasteiger partial charge in [-0.2, -0.15) is 26.3 Å². The van der Waals surface area contributed by atoms with E-state index in [0.29, 0.717) is 0 Å².